The average Bonchev–Trinajstić information content (AvgIpc) is 2.38. The lowest BCUT2D eigenvalue weighted by atomic mass is 9.94. The van der Waals surface area contributed by atoms with Crippen LogP contribution in [0, 0.1) is 11.6 Å². The van der Waals surface area contributed by atoms with Gasteiger partial charge in [0.05, 0.1) is 12.1 Å². The number of hydrogen-bond donors (Lipinski definition) is 1. The highest BCUT2D eigenvalue weighted by atomic mass is 19.3. The minimum absolute atomic E-state index is 0.253. The van der Waals surface area contributed by atoms with Gasteiger partial charge in [-0.1, -0.05) is 0 Å². The van der Waals surface area contributed by atoms with Crippen LogP contribution in [-0.4, -0.2) is 18.8 Å². The monoisotopic (exact) mass is 289 g/mol. The molecular weight excluding hydrogens is 274 g/mol. The third kappa shape index (κ3) is 3.50. The molecule has 1 aliphatic heterocycles. The SMILES string of the molecule is CC(OC(F)F)[C@@H]1CCC(c2ccc(F)cc2F)=CN1. The second-order valence-electron chi connectivity index (χ2n) is 4.71. The molecule has 6 heteroatoms. The fourth-order valence-corrected chi connectivity index (χ4v) is 2.26. The van der Waals surface area contributed by atoms with E-state index < -0.39 is 24.3 Å². The highest BCUT2D eigenvalue weighted by molar-refractivity contribution is 5.66. The molecule has 1 aromatic rings. The molecule has 0 saturated heterocycles. The fourth-order valence-electron chi connectivity index (χ4n) is 2.26. The summed E-state index contributed by atoms with van der Waals surface area (Å²) < 4.78 is 55.1. The van der Waals surface area contributed by atoms with Gasteiger partial charge in [-0.15, -0.1) is 0 Å². The summed E-state index contributed by atoms with van der Waals surface area (Å²) in [6.07, 6.45) is 1.98. The molecule has 110 valence electrons. The summed E-state index contributed by atoms with van der Waals surface area (Å²) in [6.45, 7) is -1.26. The van der Waals surface area contributed by atoms with Gasteiger partial charge in [0.2, 0.25) is 0 Å². The van der Waals surface area contributed by atoms with E-state index in [1.54, 1.807) is 13.1 Å². The van der Waals surface area contributed by atoms with Crippen LogP contribution < -0.4 is 5.32 Å². The van der Waals surface area contributed by atoms with Crippen LogP contribution in [0.4, 0.5) is 17.6 Å². The number of ether oxygens (including phenoxy) is 1. The summed E-state index contributed by atoms with van der Waals surface area (Å²) in [5.41, 5.74) is 1.00. The number of hydrogen-bond acceptors (Lipinski definition) is 2. The maximum atomic E-state index is 13.6. The van der Waals surface area contributed by atoms with E-state index in [4.69, 9.17) is 0 Å². The van der Waals surface area contributed by atoms with Gasteiger partial charge in [0.15, 0.2) is 0 Å². The van der Waals surface area contributed by atoms with Crippen molar-refractivity contribution in [3.8, 4) is 0 Å². The molecule has 0 spiro atoms. The molecular formula is C14H15F4NO. The van der Waals surface area contributed by atoms with Gasteiger partial charge in [-0.05, 0) is 37.5 Å². The van der Waals surface area contributed by atoms with E-state index in [1.807, 2.05) is 0 Å². The van der Waals surface area contributed by atoms with Crippen LogP contribution in [0.3, 0.4) is 0 Å². The summed E-state index contributed by atoms with van der Waals surface area (Å²) in [5, 5.41) is 2.93. The second-order valence-corrected chi connectivity index (χ2v) is 4.71. The van der Waals surface area contributed by atoms with Gasteiger partial charge < -0.3 is 10.1 Å². The molecule has 2 nitrogen and oxygen atoms in total. The van der Waals surface area contributed by atoms with E-state index in [-0.39, 0.29) is 6.04 Å². The molecule has 1 aromatic carbocycles. The Labute approximate surface area is 114 Å². The van der Waals surface area contributed by atoms with Crippen LogP contribution >= 0.6 is 0 Å². The van der Waals surface area contributed by atoms with Gasteiger partial charge in [-0.25, -0.2) is 8.78 Å². The zero-order chi connectivity index (χ0) is 14.7. The molecule has 0 radical (unpaired) electrons. The van der Waals surface area contributed by atoms with Crippen molar-refractivity contribution in [2.75, 3.05) is 0 Å². The predicted molar refractivity (Wildman–Crippen MR) is 67.0 cm³/mol. The van der Waals surface area contributed by atoms with Crippen LogP contribution in [0.5, 0.6) is 0 Å². The first-order chi connectivity index (χ1) is 9.47. The summed E-state index contributed by atoms with van der Waals surface area (Å²) in [6, 6.07) is 3.13. The first kappa shape index (κ1) is 14.8. The highest BCUT2D eigenvalue weighted by Crippen LogP contribution is 2.27. The minimum atomic E-state index is -2.81. The molecule has 0 saturated carbocycles. The average molecular weight is 289 g/mol. The molecule has 1 heterocycles. The van der Waals surface area contributed by atoms with Crippen molar-refractivity contribution in [2.45, 2.75) is 38.5 Å². The molecule has 20 heavy (non-hydrogen) atoms. The number of allylic oxidation sites excluding steroid dienone is 1. The van der Waals surface area contributed by atoms with Crippen molar-refractivity contribution in [3.63, 3.8) is 0 Å². The third-order valence-electron chi connectivity index (χ3n) is 3.36. The lowest BCUT2D eigenvalue weighted by molar-refractivity contribution is -0.164. The van der Waals surface area contributed by atoms with Gasteiger partial charge >= 0.3 is 6.61 Å². The van der Waals surface area contributed by atoms with Crippen molar-refractivity contribution in [1.82, 2.24) is 5.32 Å². The molecule has 0 fully saturated rings. The van der Waals surface area contributed by atoms with Gasteiger partial charge in [0.1, 0.15) is 11.6 Å². The molecule has 1 N–H and O–H groups in total. The van der Waals surface area contributed by atoms with Gasteiger partial charge in [0.25, 0.3) is 0 Å². The normalized spacial score (nSPS) is 20.5. The molecule has 0 aliphatic carbocycles. The van der Waals surface area contributed by atoms with E-state index in [9.17, 15) is 17.6 Å². The van der Waals surface area contributed by atoms with E-state index in [1.165, 1.54) is 12.1 Å². The van der Waals surface area contributed by atoms with Crippen LogP contribution in [0.1, 0.15) is 25.3 Å². The topological polar surface area (TPSA) is 21.3 Å². The Morgan fingerprint density at radius 3 is 2.60 bits per heavy atom. The number of benzene rings is 1. The van der Waals surface area contributed by atoms with E-state index in [2.05, 4.69) is 10.1 Å². The molecule has 0 amide bonds. The number of rotatable bonds is 4. The zero-order valence-electron chi connectivity index (χ0n) is 10.9. The van der Waals surface area contributed by atoms with Crippen LogP contribution in [0.2, 0.25) is 0 Å². The maximum Gasteiger partial charge on any atom is 0.345 e. The summed E-state index contributed by atoms with van der Waals surface area (Å²) >= 11 is 0. The third-order valence-corrected chi connectivity index (χ3v) is 3.36. The molecule has 1 aliphatic rings. The van der Waals surface area contributed by atoms with Gasteiger partial charge in [-0.3, -0.25) is 0 Å². The Morgan fingerprint density at radius 1 is 1.30 bits per heavy atom. The van der Waals surface area contributed by atoms with Crippen LogP contribution in [0.25, 0.3) is 5.57 Å². The lowest BCUT2D eigenvalue weighted by Gasteiger charge is -2.29. The van der Waals surface area contributed by atoms with Crippen molar-refractivity contribution >= 4 is 5.57 Å². The number of halogens is 4. The zero-order valence-corrected chi connectivity index (χ0v) is 10.9. The Hall–Kier alpha value is -1.56. The summed E-state index contributed by atoms with van der Waals surface area (Å²) in [7, 11) is 0. The fraction of sp³-hybridized carbons (Fsp3) is 0.429. The second kappa shape index (κ2) is 6.26. The smallest absolute Gasteiger partial charge is 0.345 e. The molecule has 0 bridgehead atoms. The number of alkyl halides is 2. The van der Waals surface area contributed by atoms with Gasteiger partial charge in [0, 0.05) is 17.8 Å². The highest BCUT2D eigenvalue weighted by Gasteiger charge is 2.24. The molecule has 2 atom stereocenters. The quantitative estimate of drug-likeness (QED) is 0.854. The van der Waals surface area contributed by atoms with Crippen molar-refractivity contribution in [2.24, 2.45) is 0 Å². The van der Waals surface area contributed by atoms with E-state index >= 15 is 0 Å². The van der Waals surface area contributed by atoms with Crippen LogP contribution in [-0.2, 0) is 4.74 Å². The van der Waals surface area contributed by atoms with Crippen molar-refractivity contribution in [1.29, 1.82) is 0 Å². The standard InChI is InChI=1S/C14H15F4NO/c1-8(20-14(17)18)13-5-2-9(7-19-13)11-4-3-10(15)6-12(11)16/h3-4,6-8,13-14,19H,2,5H2,1H3/t8?,13-/m0/s1. The minimum Gasteiger partial charge on any atom is -0.385 e. The van der Waals surface area contributed by atoms with Crippen molar-refractivity contribution in [3.05, 3.63) is 41.6 Å². The summed E-state index contributed by atoms with van der Waals surface area (Å²) in [5.74, 6) is -1.26. The first-order valence-electron chi connectivity index (χ1n) is 6.31. The summed E-state index contributed by atoms with van der Waals surface area (Å²) in [4.78, 5) is 0. The number of nitrogens with one attached hydrogen (secondary N) is 1. The van der Waals surface area contributed by atoms with Crippen LogP contribution in [0.15, 0.2) is 24.4 Å². The molecule has 2 rings (SSSR count). The van der Waals surface area contributed by atoms with E-state index in [0.29, 0.717) is 24.0 Å². The Balaban J connectivity index is 2.05. The predicted octanol–water partition coefficient (Wildman–Crippen LogP) is 3.69. The molecule has 0 aromatic heterocycles. The Kier molecular flexibility index (Phi) is 4.65. The van der Waals surface area contributed by atoms with Crippen molar-refractivity contribution < 1.29 is 22.3 Å². The largest absolute Gasteiger partial charge is 0.385 e. The van der Waals surface area contributed by atoms with Gasteiger partial charge in [-0.2, -0.15) is 8.78 Å². The lowest BCUT2D eigenvalue weighted by Crippen LogP contribution is -2.39. The Bertz CT molecular complexity index is 504. The first-order valence-corrected chi connectivity index (χ1v) is 6.31. The molecule has 1 unspecified atom stereocenters. The Morgan fingerprint density at radius 2 is 2.05 bits per heavy atom. The maximum absolute atomic E-state index is 13.6. The van der Waals surface area contributed by atoms with E-state index in [0.717, 1.165) is 6.07 Å².